The standard InChI is InChI=1S/C26H38N2O6/c1-5-7-9-15-24(31)34-25(20-13-10-8-11-14-20)22(18-33-4)28-26(32)21(12-6-2)16-23(30)27-19(3)17-29/h5-6,8,10-11,13-14,19,21-22,25,29H,1-2,7,9,12,15-18H2,3-4H3,(H,27,30)(H,28,32). The van der Waals surface area contributed by atoms with Gasteiger partial charge in [0, 0.05) is 26.0 Å². The zero-order valence-electron chi connectivity index (χ0n) is 20.2. The molecule has 188 valence electrons. The van der Waals surface area contributed by atoms with Crippen molar-refractivity contribution in [1.82, 2.24) is 10.6 Å². The Morgan fingerprint density at radius 2 is 1.82 bits per heavy atom. The van der Waals surface area contributed by atoms with Gasteiger partial charge in [-0.15, -0.1) is 13.2 Å². The zero-order valence-corrected chi connectivity index (χ0v) is 20.2. The second-order valence-corrected chi connectivity index (χ2v) is 8.15. The summed E-state index contributed by atoms with van der Waals surface area (Å²) in [5.41, 5.74) is 0.719. The van der Waals surface area contributed by atoms with Gasteiger partial charge >= 0.3 is 5.97 Å². The van der Waals surface area contributed by atoms with Crippen molar-refractivity contribution in [3.05, 3.63) is 61.2 Å². The van der Waals surface area contributed by atoms with Gasteiger partial charge in [-0.25, -0.2) is 0 Å². The third kappa shape index (κ3) is 10.8. The Labute approximate surface area is 202 Å². The minimum absolute atomic E-state index is 0.0702. The molecule has 0 aliphatic heterocycles. The number of aliphatic hydroxyl groups excluding tert-OH is 1. The minimum Gasteiger partial charge on any atom is -0.455 e. The van der Waals surface area contributed by atoms with E-state index in [-0.39, 0.29) is 50.3 Å². The van der Waals surface area contributed by atoms with Crippen LogP contribution >= 0.6 is 0 Å². The number of allylic oxidation sites excluding steroid dienone is 2. The maximum atomic E-state index is 13.1. The molecule has 8 heteroatoms. The highest BCUT2D eigenvalue weighted by molar-refractivity contribution is 5.86. The second-order valence-electron chi connectivity index (χ2n) is 8.15. The Kier molecular flexibility index (Phi) is 14.2. The van der Waals surface area contributed by atoms with Crippen LogP contribution in [0.4, 0.5) is 0 Å². The number of nitrogens with one attached hydrogen (secondary N) is 2. The first-order valence-corrected chi connectivity index (χ1v) is 11.5. The number of esters is 1. The Hall–Kier alpha value is -2.97. The summed E-state index contributed by atoms with van der Waals surface area (Å²) < 4.78 is 11.1. The number of aliphatic hydroxyl groups is 1. The Balaban J connectivity index is 3.05. The fraction of sp³-hybridized carbons (Fsp3) is 0.500. The second kappa shape index (κ2) is 16.6. The molecule has 4 unspecified atom stereocenters. The lowest BCUT2D eigenvalue weighted by Gasteiger charge is -2.29. The molecule has 1 aromatic rings. The van der Waals surface area contributed by atoms with Gasteiger partial charge in [0.2, 0.25) is 11.8 Å². The van der Waals surface area contributed by atoms with Crippen LogP contribution < -0.4 is 10.6 Å². The lowest BCUT2D eigenvalue weighted by Crippen LogP contribution is -2.47. The molecule has 0 aliphatic carbocycles. The molecule has 3 N–H and O–H groups in total. The Bertz CT molecular complexity index is 783. The van der Waals surface area contributed by atoms with Crippen molar-refractivity contribution < 1.29 is 29.0 Å². The number of ether oxygens (including phenoxy) is 2. The molecule has 8 nitrogen and oxygen atoms in total. The van der Waals surface area contributed by atoms with Crippen molar-refractivity contribution in [2.45, 2.75) is 57.2 Å². The summed E-state index contributed by atoms with van der Waals surface area (Å²) in [5.74, 6) is -1.79. The first-order chi connectivity index (χ1) is 16.4. The largest absolute Gasteiger partial charge is 0.455 e. The van der Waals surface area contributed by atoms with Gasteiger partial charge in [-0.2, -0.15) is 0 Å². The van der Waals surface area contributed by atoms with E-state index in [4.69, 9.17) is 14.6 Å². The predicted molar refractivity (Wildman–Crippen MR) is 131 cm³/mol. The highest BCUT2D eigenvalue weighted by atomic mass is 16.5. The maximum absolute atomic E-state index is 13.1. The SMILES string of the molecule is C=CCCCC(=O)OC(c1ccccc1)C(COC)NC(=O)C(CC=C)CC(=O)NC(C)CO. The van der Waals surface area contributed by atoms with E-state index in [1.807, 2.05) is 30.3 Å². The summed E-state index contributed by atoms with van der Waals surface area (Å²) in [4.78, 5) is 38.0. The van der Waals surface area contributed by atoms with Gasteiger partial charge in [-0.05, 0) is 31.7 Å². The van der Waals surface area contributed by atoms with E-state index in [2.05, 4.69) is 23.8 Å². The molecular weight excluding hydrogens is 436 g/mol. The molecule has 0 bridgehead atoms. The van der Waals surface area contributed by atoms with E-state index in [0.29, 0.717) is 12.8 Å². The average Bonchev–Trinajstić information content (AvgIpc) is 2.82. The van der Waals surface area contributed by atoms with Crippen molar-refractivity contribution in [2.24, 2.45) is 5.92 Å². The van der Waals surface area contributed by atoms with Crippen molar-refractivity contribution in [3.8, 4) is 0 Å². The first-order valence-electron chi connectivity index (χ1n) is 11.5. The van der Waals surface area contributed by atoms with Gasteiger partial charge in [0.05, 0.1) is 25.2 Å². The van der Waals surface area contributed by atoms with Crippen LogP contribution in [-0.2, 0) is 23.9 Å². The van der Waals surface area contributed by atoms with Gasteiger partial charge in [0.1, 0.15) is 6.10 Å². The third-order valence-corrected chi connectivity index (χ3v) is 5.15. The lowest BCUT2D eigenvalue weighted by atomic mass is 9.97. The smallest absolute Gasteiger partial charge is 0.306 e. The highest BCUT2D eigenvalue weighted by Crippen LogP contribution is 2.24. The van der Waals surface area contributed by atoms with Crippen LogP contribution in [0.25, 0.3) is 0 Å². The van der Waals surface area contributed by atoms with Crippen LogP contribution in [0, 0.1) is 5.92 Å². The summed E-state index contributed by atoms with van der Waals surface area (Å²) in [6.07, 6.45) is 4.31. The number of benzene rings is 1. The summed E-state index contributed by atoms with van der Waals surface area (Å²) in [7, 11) is 1.50. The molecule has 1 rings (SSSR count). The normalized spacial score (nSPS) is 14.2. The van der Waals surface area contributed by atoms with Gasteiger partial charge in [0.25, 0.3) is 0 Å². The van der Waals surface area contributed by atoms with E-state index < -0.39 is 24.1 Å². The van der Waals surface area contributed by atoms with Crippen LogP contribution in [0.15, 0.2) is 55.6 Å². The van der Waals surface area contributed by atoms with Gasteiger partial charge in [-0.1, -0.05) is 42.5 Å². The van der Waals surface area contributed by atoms with Crippen LogP contribution in [-0.4, -0.2) is 55.3 Å². The van der Waals surface area contributed by atoms with E-state index in [1.54, 1.807) is 19.1 Å². The molecule has 0 aromatic heterocycles. The number of rotatable bonds is 17. The molecule has 2 amide bonds. The minimum atomic E-state index is -0.769. The molecule has 0 saturated carbocycles. The molecule has 0 heterocycles. The summed E-state index contributed by atoms with van der Waals surface area (Å²) >= 11 is 0. The Morgan fingerprint density at radius 3 is 2.41 bits per heavy atom. The van der Waals surface area contributed by atoms with E-state index in [0.717, 1.165) is 5.56 Å². The first kappa shape index (κ1) is 29.1. The van der Waals surface area contributed by atoms with E-state index in [9.17, 15) is 14.4 Å². The van der Waals surface area contributed by atoms with Crippen molar-refractivity contribution >= 4 is 17.8 Å². The molecule has 0 aliphatic rings. The van der Waals surface area contributed by atoms with Crippen LogP contribution in [0.3, 0.4) is 0 Å². The maximum Gasteiger partial charge on any atom is 0.306 e. The van der Waals surface area contributed by atoms with Crippen LogP contribution in [0.1, 0.15) is 50.7 Å². The summed E-state index contributed by atoms with van der Waals surface area (Å²) in [6.45, 7) is 8.92. The van der Waals surface area contributed by atoms with E-state index >= 15 is 0 Å². The molecular formula is C26H38N2O6. The topological polar surface area (TPSA) is 114 Å². The third-order valence-electron chi connectivity index (χ3n) is 5.15. The number of carbonyl (C=O) groups is 3. The Morgan fingerprint density at radius 1 is 1.12 bits per heavy atom. The quantitative estimate of drug-likeness (QED) is 0.182. The molecule has 0 radical (unpaired) electrons. The molecule has 34 heavy (non-hydrogen) atoms. The summed E-state index contributed by atoms with van der Waals surface area (Å²) in [5, 5.41) is 14.7. The average molecular weight is 475 g/mol. The van der Waals surface area contributed by atoms with Gasteiger partial charge in [0.15, 0.2) is 0 Å². The van der Waals surface area contributed by atoms with Crippen LogP contribution in [0.5, 0.6) is 0 Å². The molecule has 0 fully saturated rings. The van der Waals surface area contributed by atoms with Crippen molar-refractivity contribution in [1.29, 1.82) is 0 Å². The lowest BCUT2D eigenvalue weighted by molar-refractivity contribution is -0.153. The molecule has 1 aromatic carbocycles. The number of amides is 2. The number of carbonyl (C=O) groups excluding carboxylic acids is 3. The molecule has 0 spiro atoms. The highest BCUT2D eigenvalue weighted by Gasteiger charge is 2.31. The zero-order chi connectivity index (χ0) is 25.3. The van der Waals surface area contributed by atoms with Gasteiger partial charge in [-0.3, -0.25) is 14.4 Å². The van der Waals surface area contributed by atoms with Crippen LogP contribution in [0.2, 0.25) is 0 Å². The number of hydrogen-bond acceptors (Lipinski definition) is 6. The fourth-order valence-electron chi connectivity index (χ4n) is 3.39. The van der Waals surface area contributed by atoms with Crippen molar-refractivity contribution in [2.75, 3.05) is 20.3 Å². The predicted octanol–water partition coefficient (Wildman–Crippen LogP) is 2.84. The number of unbranched alkanes of at least 4 members (excludes halogenated alkanes) is 1. The molecule has 4 atom stereocenters. The number of methoxy groups -OCH3 is 1. The van der Waals surface area contributed by atoms with E-state index in [1.165, 1.54) is 7.11 Å². The van der Waals surface area contributed by atoms with Gasteiger partial charge < -0.3 is 25.2 Å². The molecule has 0 saturated heterocycles. The fourth-order valence-corrected chi connectivity index (χ4v) is 3.39. The van der Waals surface area contributed by atoms with Crippen molar-refractivity contribution in [3.63, 3.8) is 0 Å². The summed E-state index contributed by atoms with van der Waals surface area (Å²) in [6, 6.07) is 8.06. The monoisotopic (exact) mass is 474 g/mol. The number of hydrogen-bond donors (Lipinski definition) is 3.